The Morgan fingerprint density at radius 2 is 1.86 bits per heavy atom. The molecule has 5 nitrogen and oxygen atoms in total. The lowest BCUT2D eigenvalue weighted by Gasteiger charge is -2.22. The van der Waals surface area contributed by atoms with Crippen molar-refractivity contribution in [1.29, 1.82) is 0 Å². The number of carbonyl (C=O) groups excluding carboxylic acids is 1. The Labute approximate surface area is 151 Å². The van der Waals surface area contributed by atoms with E-state index in [1.54, 1.807) is 12.1 Å². The van der Waals surface area contributed by atoms with E-state index < -0.39 is 0 Å². The molecule has 0 aliphatic heterocycles. The third-order valence-electron chi connectivity index (χ3n) is 2.54. The van der Waals surface area contributed by atoms with Crippen molar-refractivity contribution in [2.45, 2.75) is 0 Å². The Kier molecular flexibility index (Phi) is 9.60. The van der Waals surface area contributed by atoms with Crippen LogP contribution in [0.3, 0.4) is 0 Å². The van der Waals surface area contributed by atoms with E-state index in [9.17, 15) is 4.79 Å². The number of hydrogen-bond donors (Lipinski definition) is 1. The zero-order valence-electron chi connectivity index (χ0n) is 12.8. The molecule has 21 heavy (non-hydrogen) atoms. The molecule has 1 aromatic carbocycles. The predicted octanol–water partition coefficient (Wildman–Crippen LogP) is 2.28. The number of nitrogens with zero attached hydrogens (tertiary/aromatic N) is 3. The predicted molar refractivity (Wildman–Crippen MR) is 102 cm³/mol. The van der Waals surface area contributed by atoms with Crippen molar-refractivity contribution in [3.63, 3.8) is 0 Å². The van der Waals surface area contributed by atoms with E-state index >= 15 is 0 Å². The van der Waals surface area contributed by atoms with Crippen LogP contribution in [-0.4, -0.2) is 62.9 Å². The van der Waals surface area contributed by atoms with Crippen LogP contribution in [0, 0.1) is 0 Å². The molecule has 1 N–H and O–H groups in total. The lowest BCUT2D eigenvalue weighted by molar-refractivity contribution is 0.0954. The van der Waals surface area contributed by atoms with E-state index in [2.05, 4.69) is 26.2 Å². The number of aliphatic imine (C=N–C) groups is 1. The van der Waals surface area contributed by atoms with Crippen LogP contribution in [0.4, 0.5) is 0 Å². The first-order valence-corrected chi connectivity index (χ1v) is 7.14. The highest BCUT2D eigenvalue weighted by Crippen LogP contribution is 2.11. The molecule has 0 spiro atoms. The van der Waals surface area contributed by atoms with Gasteiger partial charge >= 0.3 is 0 Å². The molecule has 0 atom stereocenters. The van der Waals surface area contributed by atoms with Crippen LogP contribution in [-0.2, 0) is 0 Å². The number of carbonyl (C=O) groups is 1. The monoisotopic (exact) mass is 468 g/mol. The van der Waals surface area contributed by atoms with Gasteiger partial charge in [-0.1, -0.05) is 22.0 Å². The summed E-state index contributed by atoms with van der Waals surface area (Å²) in [6, 6.07) is 7.31. The minimum atomic E-state index is -0.0854. The maximum Gasteiger partial charge on any atom is 0.251 e. The normalized spacial score (nSPS) is 9.38. The lowest BCUT2D eigenvalue weighted by atomic mass is 10.2. The van der Waals surface area contributed by atoms with Crippen LogP contribution < -0.4 is 5.32 Å². The minimum absolute atomic E-state index is 0. The number of amides is 1. The largest absolute Gasteiger partial charge is 0.350 e. The van der Waals surface area contributed by atoms with Gasteiger partial charge in [-0.15, -0.1) is 24.0 Å². The standard InChI is InChI=1S/C14H21BrN4O.HI/c1-18(2)14(19(3)4)17-9-8-16-13(20)11-6-5-7-12(15)10-11;/h5-7,10H,8-9H2,1-4H3,(H,16,20);1H. The lowest BCUT2D eigenvalue weighted by Crippen LogP contribution is -2.36. The van der Waals surface area contributed by atoms with Gasteiger partial charge in [0, 0.05) is 44.8 Å². The fourth-order valence-electron chi connectivity index (χ4n) is 1.74. The summed E-state index contributed by atoms with van der Waals surface area (Å²) in [4.78, 5) is 20.2. The summed E-state index contributed by atoms with van der Waals surface area (Å²) < 4.78 is 0.894. The van der Waals surface area contributed by atoms with Gasteiger partial charge in [0.2, 0.25) is 0 Å². The Bertz CT molecular complexity index is 482. The average molecular weight is 469 g/mol. The smallest absolute Gasteiger partial charge is 0.251 e. The Hall–Kier alpha value is -0.830. The SMILES string of the molecule is CN(C)C(=NCCNC(=O)c1cccc(Br)c1)N(C)C.I. The molecule has 7 heteroatoms. The molecular weight excluding hydrogens is 447 g/mol. The summed E-state index contributed by atoms with van der Waals surface area (Å²) in [6.45, 7) is 1.06. The molecule has 0 radical (unpaired) electrons. The molecule has 0 fully saturated rings. The van der Waals surface area contributed by atoms with Gasteiger partial charge in [0.15, 0.2) is 5.96 Å². The van der Waals surface area contributed by atoms with Crippen LogP contribution in [0.15, 0.2) is 33.7 Å². The Morgan fingerprint density at radius 1 is 1.24 bits per heavy atom. The molecule has 118 valence electrons. The third kappa shape index (κ3) is 7.12. The first kappa shape index (κ1) is 20.2. The van der Waals surface area contributed by atoms with Gasteiger partial charge in [-0.2, -0.15) is 0 Å². The molecule has 1 amide bonds. The molecular formula is C14H22BrIN4O. The van der Waals surface area contributed by atoms with Crippen molar-refractivity contribution in [3.05, 3.63) is 34.3 Å². The van der Waals surface area contributed by atoms with E-state index in [0.717, 1.165) is 10.4 Å². The van der Waals surface area contributed by atoms with Crippen molar-refractivity contribution in [3.8, 4) is 0 Å². The highest BCUT2D eigenvalue weighted by atomic mass is 127. The Balaban J connectivity index is 0.00000400. The van der Waals surface area contributed by atoms with Gasteiger partial charge in [-0.25, -0.2) is 0 Å². The number of benzene rings is 1. The minimum Gasteiger partial charge on any atom is -0.350 e. The van der Waals surface area contributed by atoms with Crippen molar-refractivity contribution >= 4 is 51.8 Å². The molecule has 1 aromatic rings. The summed E-state index contributed by atoms with van der Waals surface area (Å²) in [5.41, 5.74) is 0.642. The molecule has 0 saturated carbocycles. The average Bonchev–Trinajstić information content (AvgIpc) is 2.37. The van der Waals surface area contributed by atoms with Gasteiger partial charge in [-0.05, 0) is 18.2 Å². The second kappa shape index (κ2) is 9.99. The van der Waals surface area contributed by atoms with Crippen molar-refractivity contribution in [2.24, 2.45) is 4.99 Å². The van der Waals surface area contributed by atoms with Gasteiger partial charge < -0.3 is 15.1 Å². The quantitative estimate of drug-likeness (QED) is 0.319. The highest BCUT2D eigenvalue weighted by Gasteiger charge is 2.06. The molecule has 0 aromatic heterocycles. The van der Waals surface area contributed by atoms with Gasteiger partial charge in [0.25, 0.3) is 5.91 Å². The molecule has 0 bridgehead atoms. The van der Waals surface area contributed by atoms with Crippen molar-refractivity contribution < 1.29 is 4.79 Å². The van der Waals surface area contributed by atoms with Crippen molar-refractivity contribution in [2.75, 3.05) is 41.3 Å². The highest BCUT2D eigenvalue weighted by molar-refractivity contribution is 14.0. The number of halogens is 2. The van der Waals surface area contributed by atoms with E-state index in [1.165, 1.54) is 0 Å². The van der Waals surface area contributed by atoms with Crippen molar-refractivity contribution in [1.82, 2.24) is 15.1 Å². The zero-order chi connectivity index (χ0) is 15.1. The third-order valence-corrected chi connectivity index (χ3v) is 3.03. The molecule has 0 aliphatic rings. The topological polar surface area (TPSA) is 47.9 Å². The summed E-state index contributed by atoms with van der Waals surface area (Å²) in [5, 5.41) is 2.86. The second-order valence-corrected chi connectivity index (χ2v) is 5.65. The first-order chi connectivity index (χ1) is 9.41. The van der Waals surface area contributed by atoms with E-state index in [1.807, 2.05) is 50.1 Å². The van der Waals surface area contributed by atoms with Crippen LogP contribution in [0.1, 0.15) is 10.4 Å². The Morgan fingerprint density at radius 3 is 2.38 bits per heavy atom. The molecule has 0 heterocycles. The number of rotatable bonds is 4. The van der Waals surface area contributed by atoms with Crippen LogP contribution in [0.25, 0.3) is 0 Å². The van der Waals surface area contributed by atoms with Gasteiger partial charge in [0.1, 0.15) is 0 Å². The number of nitrogens with one attached hydrogen (secondary N) is 1. The van der Waals surface area contributed by atoms with Gasteiger partial charge in [0.05, 0.1) is 6.54 Å². The summed E-state index contributed by atoms with van der Waals surface area (Å²) in [6.07, 6.45) is 0. The van der Waals surface area contributed by atoms with E-state index in [-0.39, 0.29) is 29.9 Å². The summed E-state index contributed by atoms with van der Waals surface area (Å²) in [7, 11) is 7.77. The van der Waals surface area contributed by atoms with Crippen LogP contribution in [0.5, 0.6) is 0 Å². The maximum atomic E-state index is 11.9. The van der Waals surface area contributed by atoms with Gasteiger partial charge in [-0.3, -0.25) is 9.79 Å². The van der Waals surface area contributed by atoms with E-state index in [0.29, 0.717) is 18.7 Å². The zero-order valence-corrected chi connectivity index (χ0v) is 16.7. The van der Waals surface area contributed by atoms with E-state index in [4.69, 9.17) is 0 Å². The molecule has 1 rings (SSSR count). The molecule has 0 aliphatic carbocycles. The summed E-state index contributed by atoms with van der Waals surface area (Å²) in [5.74, 6) is 0.791. The number of guanidine groups is 1. The fourth-order valence-corrected chi connectivity index (χ4v) is 2.14. The maximum absolute atomic E-state index is 11.9. The first-order valence-electron chi connectivity index (χ1n) is 6.34. The van der Waals surface area contributed by atoms with Crippen LogP contribution >= 0.6 is 39.9 Å². The molecule has 0 saturated heterocycles. The molecule has 0 unspecified atom stereocenters. The fraction of sp³-hybridized carbons (Fsp3) is 0.429. The van der Waals surface area contributed by atoms with Crippen LogP contribution in [0.2, 0.25) is 0 Å². The number of hydrogen-bond acceptors (Lipinski definition) is 2. The second-order valence-electron chi connectivity index (χ2n) is 4.74. The summed E-state index contributed by atoms with van der Waals surface area (Å²) >= 11 is 3.35.